The number of allylic oxidation sites excluding steroid dienone is 4. The molecule has 38 heteroatoms. The van der Waals surface area contributed by atoms with Gasteiger partial charge in [-0.15, -0.1) is 0 Å². The second-order valence-electron chi connectivity index (χ2n) is 30.0. The molecule has 17 atom stereocenters. The first-order valence-corrected chi connectivity index (χ1v) is 43.8. The van der Waals surface area contributed by atoms with Gasteiger partial charge >= 0.3 is 29.8 Å². The monoisotopic (exact) mass is 1680 g/mol. The Morgan fingerprint density at radius 3 is 2.30 bits per heavy atom. The molecule has 2 bridgehead atoms. The van der Waals surface area contributed by atoms with E-state index in [-0.39, 0.29) is 102 Å². The molecule has 9 rings (SSSR count). The number of H-pyrrole nitrogens is 1. The van der Waals surface area contributed by atoms with E-state index in [0.29, 0.717) is 48.3 Å². The molecule has 4 amide bonds. The van der Waals surface area contributed by atoms with Gasteiger partial charge in [-0.1, -0.05) is 85.7 Å². The maximum atomic E-state index is 14.5. The van der Waals surface area contributed by atoms with E-state index in [4.69, 9.17) is 49.4 Å². The number of nitrogen functional groups attached to an aromatic ring is 1. The van der Waals surface area contributed by atoms with Gasteiger partial charge in [0.05, 0.1) is 43.2 Å². The predicted molar refractivity (Wildman–Crippen MR) is 436 cm³/mol. The predicted octanol–water partition coefficient (Wildman–Crippen LogP) is 4.59. The molecule has 0 saturated carbocycles. The molecule has 0 radical (unpaired) electrons. The van der Waals surface area contributed by atoms with Crippen molar-refractivity contribution in [2.24, 2.45) is 23.5 Å². The number of thioether (sulfide) groups is 1. The third kappa shape index (κ3) is 26.8. The van der Waals surface area contributed by atoms with Crippen LogP contribution in [-0.2, 0) is 84.2 Å². The summed E-state index contributed by atoms with van der Waals surface area (Å²) in [5.74, 6) is -9.84. The molecule has 3 saturated heterocycles. The Morgan fingerprint density at radius 2 is 1.61 bits per heavy atom. The normalized spacial score (nSPS) is 23.4. The van der Waals surface area contributed by atoms with E-state index in [9.17, 15) is 67.8 Å². The third-order valence-corrected chi connectivity index (χ3v) is 27.2. The minimum absolute atomic E-state index is 0.0189. The van der Waals surface area contributed by atoms with Crippen molar-refractivity contribution in [3.63, 3.8) is 0 Å². The number of benzene rings is 2. The van der Waals surface area contributed by atoms with Gasteiger partial charge in [-0.2, -0.15) is 16.7 Å². The number of hydrogen-bond donors (Lipinski definition) is 13. The van der Waals surface area contributed by atoms with Gasteiger partial charge in [0.15, 0.2) is 29.1 Å². The number of carbonyl (C=O) groups is 9. The summed E-state index contributed by atoms with van der Waals surface area (Å²) < 4.78 is 58.5. The third-order valence-electron chi connectivity index (χ3n) is 20.8. The van der Waals surface area contributed by atoms with E-state index in [1.54, 1.807) is 20.3 Å². The quantitative estimate of drug-likeness (QED) is 0.00294. The van der Waals surface area contributed by atoms with Gasteiger partial charge in [0, 0.05) is 74.4 Å². The molecule has 4 aliphatic rings. The van der Waals surface area contributed by atoms with Crippen molar-refractivity contribution in [2.45, 2.75) is 197 Å². The number of aromatic amines is 1. The zero-order chi connectivity index (χ0) is 84.8. The number of carbonyl (C=O) groups excluding carboxylic acids is 6. The molecule has 3 aromatic heterocycles. The number of hydrogen-bond acceptors (Lipinski definition) is 26. The molecule has 632 valence electrons. The number of rotatable bonds is 40. The summed E-state index contributed by atoms with van der Waals surface area (Å²) in [7, 11) is -1.55. The lowest BCUT2D eigenvalue weighted by Gasteiger charge is -2.38. The molecule has 5 aromatic rings. The van der Waals surface area contributed by atoms with E-state index >= 15 is 0 Å². The number of fused-ring (bicyclic) bond motifs is 5. The Hall–Kier alpha value is -10.4. The van der Waals surface area contributed by atoms with Crippen LogP contribution in [0.3, 0.4) is 0 Å². The van der Waals surface area contributed by atoms with Crippen LogP contribution in [0.4, 0.5) is 11.6 Å². The number of oxazole rings is 1. The maximum absolute atomic E-state index is 14.5. The van der Waals surface area contributed by atoms with Crippen molar-refractivity contribution >= 4 is 125 Å². The van der Waals surface area contributed by atoms with Crippen molar-refractivity contribution in [2.75, 3.05) is 47.7 Å². The number of nitrogens with two attached hydrogens (primary N) is 2. The fourth-order valence-electron chi connectivity index (χ4n) is 14.1. The zero-order valence-corrected chi connectivity index (χ0v) is 69.0. The lowest BCUT2D eigenvalue weighted by Crippen LogP contribution is -2.56. The zero-order valence-electron chi connectivity index (χ0n) is 66.4. The molecule has 0 aliphatic carbocycles. The second kappa shape index (κ2) is 42.2. The van der Waals surface area contributed by atoms with Crippen LogP contribution in [-0.4, -0.2) is 222 Å². The first kappa shape index (κ1) is 90.6. The number of esters is 2. The standard InChI is InChI=1S/C79H104N14O21S2Si/c1-43(33-51-41-109-47(5)86-51)15-12-16-45(3)67(108-7)46(4)59-38-62(79(6)61(113-79)26-20-44(2)58-34-48(36-65(97)110-58)35-60-68(111-60)76(106)112-59)114-117(8,53-17-10-9-11-18-53)32-14-30-116(107)31-29-115-42-57(75(104)105)91-72(100)56(37-64(95)96)90-71(99)54(19-13-28-83-77(80)81)88-63(94)27-25-55(74(102)103)89-70(98)49-21-23-50(24-22-49)84-39-52-40-85-69-66(87-52)73(101)93-78(82)92-69/h9-12,15-18,20-24,26,33,40-41,44,46,48,54-62,67-68,84H,13-14,19,25,27-32,34-39,42H2,1-8H3,(H,88,94)(H,89,98)(H,90,99)(H,91,100)(H,95,96)(H,102,103)(H,104,105)(H4,80,81,83)(H3,82,85,92,93,101)/b15-12+,26-20+,43-33+,45-16+/t44-,46+,48+,54?,55?,56?,57?,58-,59+,60+,61-,62+,67+,68-,79+,116?,117?/m1/s1. The number of cyclic esters (lactones) is 1. The number of aliphatic carboxylic acids is 3. The van der Waals surface area contributed by atoms with Crippen LogP contribution in [0.15, 0.2) is 118 Å². The van der Waals surface area contributed by atoms with E-state index in [1.807, 2.05) is 101 Å². The van der Waals surface area contributed by atoms with Crippen molar-refractivity contribution < 1.29 is 95.6 Å². The fourth-order valence-corrected chi connectivity index (χ4v) is 20.1. The smallest absolute Gasteiger partial charge is 0.338 e. The number of aromatic nitrogens is 5. The van der Waals surface area contributed by atoms with Crippen LogP contribution in [0.5, 0.6) is 0 Å². The van der Waals surface area contributed by atoms with Gasteiger partial charge in [0.25, 0.3) is 11.5 Å². The molecule has 3 fully saturated rings. The lowest BCUT2D eigenvalue weighted by atomic mass is 9.84. The number of nitrogens with one attached hydrogen (secondary N) is 8. The lowest BCUT2D eigenvalue weighted by molar-refractivity contribution is -0.159. The molecular weight excluding hydrogens is 1570 g/mol. The summed E-state index contributed by atoms with van der Waals surface area (Å²) in [5, 5.41) is 53.9. The molecule has 15 N–H and O–H groups in total. The molecule has 2 aromatic carbocycles. The Kier molecular flexibility index (Phi) is 32.6. The average Bonchev–Trinajstić information content (AvgIpc) is 1.58. The number of nitrogens with zero attached hydrogens (tertiary/aromatic N) is 4. The van der Waals surface area contributed by atoms with Crippen molar-refractivity contribution in [1.29, 1.82) is 5.41 Å². The average molecular weight is 1680 g/mol. The number of ether oxygens (including phenoxy) is 5. The number of aryl methyl sites for hydroxylation is 1. The Labute approximate surface area is 684 Å². The Morgan fingerprint density at radius 1 is 0.889 bits per heavy atom. The Balaban J connectivity index is 0.808. The number of guanidine groups is 1. The first-order chi connectivity index (χ1) is 55.7. The molecule has 35 nitrogen and oxygen atoms in total. The van der Waals surface area contributed by atoms with E-state index in [0.717, 1.165) is 28.1 Å². The minimum Gasteiger partial charge on any atom is -0.616 e. The summed E-state index contributed by atoms with van der Waals surface area (Å²) in [5.41, 5.74) is 12.9. The van der Waals surface area contributed by atoms with Gasteiger partial charge in [0.2, 0.25) is 32.0 Å². The van der Waals surface area contributed by atoms with E-state index < -0.39 is 176 Å². The van der Waals surface area contributed by atoms with Crippen LogP contribution in [0, 0.1) is 30.1 Å². The van der Waals surface area contributed by atoms with Crippen LogP contribution >= 0.6 is 11.8 Å². The van der Waals surface area contributed by atoms with Crippen LogP contribution in [0.1, 0.15) is 126 Å². The number of carboxylic acid groups (broad SMARTS) is 3. The van der Waals surface area contributed by atoms with Gasteiger partial charge in [-0.25, -0.2) is 29.3 Å². The molecule has 0 spiro atoms. The van der Waals surface area contributed by atoms with E-state index in [1.165, 1.54) is 30.5 Å². The summed E-state index contributed by atoms with van der Waals surface area (Å²) in [6, 6.07) is 9.43. The maximum Gasteiger partial charge on any atom is 0.338 e. The highest BCUT2D eigenvalue weighted by Gasteiger charge is 2.60. The SMILES string of the molecule is CO[C@@H](/C(C)=C/C=C/C(C)=C/c1coc(C)n1)[C@@H](C)[C@@H]1C[C@H](O[Si](C)(CCC[S+]([O-])CCSCC(NC(=O)C(CC(=O)O)NC(=O)C(CCCNC(=N)N)NC(=O)CCC(NC(=O)c2ccc(NCc3cnc4nc(N)[nH]c(=O)c4n3)cc2)C(=O)O)C(=O)O)c2ccccc2)[C@@]2(C)O[C@@H]2/C=C/[C@@H](C)[C@H]2C[C@H](CC(=O)O2)C[C@@H]2O[C@H]2C(=O)O1. The van der Waals surface area contributed by atoms with Gasteiger partial charge in [-0.3, -0.25) is 44.0 Å². The topological polar surface area (TPSA) is 545 Å². The largest absolute Gasteiger partial charge is 0.616 e. The van der Waals surface area contributed by atoms with Crippen LogP contribution < -0.4 is 54.1 Å². The fraction of sp³-hybridized carbons (Fsp3) is 0.506. The highest BCUT2D eigenvalue weighted by molar-refractivity contribution is 8.00. The molecule has 7 heterocycles. The molecule has 117 heavy (non-hydrogen) atoms. The highest BCUT2D eigenvalue weighted by Crippen LogP contribution is 2.47. The number of anilines is 2. The van der Waals surface area contributed by atoms with Crippen LogP contribution in [0.25, 0.3) is 17.2 Å². The number of methoxy groups -OCH3 is 1. The summed E-state index contributed by atoms with van der Waals surface area (Å²) in [6.45, 7) is 13.8. The van der Waals surface area contributed by atoms with Crippen molar-refractivity contribution in [3.8, 4) is 0 Å². The summed E-state index contributed by atoms with van der Waals surface area (Å²) >= 11 is -0.401. The summed E-state index contributed by atoms with van der Waals surface area (Å²) in [4.78, 5) is 151. The first-order valence-electron chi connectivity index (χ1n) is 38.5. The highest BCUT2D eigenvalue weighted by atomic mass is 32.2. The number of epoxide rings is 2. The summed E-state index contributed by atoms with van der Waals surface area (Å²) in [6.07, 6.45) is 10.1. The minimum atomic E-state index is -3.15. The number of amides is 4. The molecule has 6 unspecified atom stereocenters. The van der Waals surface area contributed by atoms with Gasteiger partial charge in [0.1, 0.15) is 71.5 Å². The Bertz CT molecular complexity index is 4550. The van der Waals surface area contributed by atoms with Crippen LogP contribution in [0.2, 0.25) is 12.6 Å². The van der Waals surface area contributed by atoms with Crippen molar-refractivity contribution in [1.82, 2.24) is 51.5 Å². The van der Waals surface area contributed by atoms with Crippen molar-refractivity contribution in [3.05, 3.63) is 142 Å². The molecule has 4 aliphatic heterocycles. The number of carboxylic acids is 3. The molecular formula is C79H104N14O21S2Si. The van der Waals surface area contributed by atoms with Gasteiger partial charge in [-0.05, 0) is 124 Å². The second-order valence-corrected chi connectivity index (χ2v) is 36.6. The van der Waals surface area contributed by atoms with E-state index in [2.05, 4.69) is 63.4 Å². The van der Waals surface area contributed by atoms with Gasteiger partial charge < -0.3 is 95.8 Å².